The minimum absolute atomic E-state index is 0.0150. The van der Waals surface area contributed by atoms with Crippen molar-refractivity contribution >= 4 is 53.0 Å². The minimum Gasteiger partial charge on any atom is -0.465 e. The maximum absolute atomic E-state index is 12.6. The number of thiol groups is 1. The number of hydrogen-bond donors (Lipinski definition) is 2. The first kappa shape index (κ1) is 24.1. The zero-order chi connectivity index (χ0) is 20.1. The van der Waals surface area contributed by atoms with Crippen LogP contribution in [0.2, 0.25) is 0 Å². The molecule has 27 heavy (non-hydrogen) atoms. The predicted molar refractivity (Wildman–Crippen MR) is 117 cm³/mol. The van der Waals surface area contributed by atoms with Crippen LogP contribution >= 0.6 is 36.2 Å². The number of nitrogens with one attached hydrogen (secondary N) is 1. The van der Waals surface area contributed by atoms with E-state index in [1.165, 1.54) is 30.4 Å². The van der Waals surface area contributed by atoms with Crippen molar-refractivity contribution in [2.24, 2.45) is 5.92 Å². The van der Waals surface area contributed by atoms with Gasteiger partial charge in [-0.25, -0.2) is 0 Å². The number of carbonyl (C=O) groups excluding carboxylic acids is 3. The first-order valence-electron chi connectivity index (χ1n) is 8.76. The molecule has 1 aromatic rings. The number of hydrogen-bond acceptors (Lipinski definition) is 8. The van der Waals surface area contributed by atoms with Crippen LogP contribution in [0.25, 0.3) is 0 Å². The van der Waals surface area contributed by atoms with E-state index in [2.05, 4.69) is 17.9 Å². The fraction of sp³-hybridized carbons (Fsp3) is 0.526. The van der Waals surface area contributed by atoms with Gasteiger partial charge < -0.3 is 4.74 Å². The molecule has 1 rings (SSSR count). The molecule has 0 bridgehead atoms. The molecular formula is C19H27NO4S3. The molecule has 0 aliphatic rings. The van der Waals surface area contributed by atoms with E-state index in [1.54, 1.807) is 6.92 Å². The van der Waals surface area contributed by atoms with Crippen LogP contribution < -0.4 is 5.32 Å². The van der Waals surface area contributed by atoms with Crippen LogP contribution in [0.3, 0.4) is 0 Å². The van der Waals surface area contributed by atoms with Gasteiger partial charge in [0, 0.05) is 30.2 Å². The van der Waals surface area contributed by atoms with Gasteiger partial charge in [0.1, 0.15) is 11.8 Å². The van der Waals surface area contributed by atoms with E-state index in [4.69, 9.17) is 4.74 Å². The third-order valence-electron chi connectivity index (χ3n) is 3.70. The van der Waals surface area contributed by atoms with Crippen LogP contribution in [0.15, 0.2) is 30.3 Å². The Kier molecular flexibility index (Phi) is 12.6. The van der Waals surface area contributed by atoms with E-state index in [-0.39, 0.29) is 22.8 Å². The Labute approximate surface area is 175 Å². The van der Waals surface area contributed by atoms with Crippen molar-refractivity contribution in [2.45, 2.75) is 26.3 Å². The summed E-state index contributed by atoms with van der Waals surface area (Å²) in [5, 5.41) is 3.06. The normalized spacial score (nSPS) is 13.0. The monoisotopic (exact) mass is 429 g/mol. The summed E-state index contributed by atoms with van der Waals surface area (Å²) in [6.45, 7) is 3.60. The second-order valence-electron chi connectivity index (χ2n) is 5.84. The molecule has 0 aliphatic heterocycles. The van der Waals surface area contributed by atoms with Gasteiger partial charge in [-0.05, 0) is 18.9 Å². The zero-order valence-electron chi connectivity index (χ0n) is 15.7. The Morgan fingerprint density at radius 2 is 1.93 bits per heavy atom. The van der Waals surface area contributed by atoms with E-state index in [0.29, 0.717) is 36.2 Å². The van der Waals surface area contributed by atoms with Crippen LogP contribution in [0.5, 0.6) is 0 Å². The maximum atomic E-state index is 12.6. The highest BCUT2D eigenvalue weighted by molar-refractivity contribution is 8.13. The molecule has 0 heterocycles. The lowest BCUT2D eigenvalue weighted by atomic mass is 9.98. The van der Waals surface area contributed by atoms with Gasteiger partial charge in [0.15, 0.2) is 5.12 Å². The second-order valence-corrected chi connectivity index (χ2v) is 8.39. The number of benzene rings is 1. The molecule has 0 saturated heterocycles. The van der Waals surface area contributed by atoms with Crippen LogP contribution in [0, 0.1) is 5.92 Å². The standard InChI is InChI=1S/C19H27NO4S3/c1-3-24-19(23)17(10-25)20-13-26-12-18(22)16(11-27-14(2)21)9-15-7-5-4-6-8-15/h4-8,16-17,20,25H,3,9-13H2,1-2H3/t16-,17-/m0/s1. The summed E-state index contributed by atoms with van der Waals surface area (Å²) in [6.07, 6.45) is 0.621. The zero-order valence-corrected chi connectivity index (χ0v) is 18.2. The number of ketones is 1. The van der Waals surface area contributed by atoms with Gasteiger partial charge in [0.05, 0.1) is 12.4 Å². The average molecular weight is 430 g/mol. The third kappa shape index (κ3) is 10.2. The summed E-state index contributed by atoms with van der Waals surface area (Å²) in [5.74, 6) is 1.16. The number of Topliss-reactive ketones (excluding diaryl/α,β-unsaturated/α-hetero) is 1. The van der Waals surface area contributed by atoms with Crippen molar-refractivity contribution in [3.05, 3.63) is 35.9 Å². The summed E-state index contributed by atoms with van der Waals surface area (Å²) < 4.78 is 4.97. The highest BCUT2D eigenvalue weighted by Gasteiger charge is 2.21. The smallest absolute Gasteiger partial charge is 0.323 e. The van der Waals surface area contributed by atoms with E-state index >= 15 is 0 Å². The van der Waals surface area contributed by atoms with Gasteiger partial charge in [-0.3, -0.25) is 19.7 Å². The fourth-order valence-corrected chi connectivity index (χ4v) is 4.15. The van der Waals surface area contributed by atoms with Gasteiger partial charge in [0.25, 0.3) is 0 Å². The molecule has 150 valence electrons. The van der Waals surface area contributed by atoms with Crippen molar-refractivity contribution < 1.29 is 19.1 Å². The number of rotatable bonds is 13. The van der Waals surface area contributed by atoms with E-state index in [0.717, 1.165) is 5.56 Å². The summed E-state index contributed by atoms with van der Waals surface area (Å²) >= 11 is 6.76. The summed E-state index contributed by atoms with van der Waals surface area (Å²) in [5.41, 5.74) is 1.08. The fourth-order valence-electron chi connectivity index (χ4n) is 2.28. The van der Waals surface area contributed by atoms with Gasteiger partial charge >= 0.3 is 5.97 Å². The molecule has 0 saturated carbocycles. The van der Waals surface area contributed by atoms with E-state index in [1.807, 2.05) is 30.3 Å². The largest absolute Gasteiger partial charge is 0.465 e. The number of thioether (sulfide) groups is 2. The molecule has 0 spiro atoms. The molecule has 0 radical (unpaired) electrons. The lowest BCUT2D eigenvalue weighted by Gasteiger charge is -2.17. The molecule has 0 aromatic heterocycles. The molecule has 8 heteroatoms. The molecule has 0 aliphatic carbocycles. The molecule has 5 nitrogen and oxygen atoms in total. The quantitative estimate of drug-likeness (QED) is 0.216. The van der Waals surface area contributed by atoms with E-state index in [9.17, 15) is 14.4 Å². The van der Waals surface area contributed by atoms with Crippen molar-refractivity contribution in [2.75, 3.05) is 29.7 Å². The Bertz CT molecular complexity index is 598. The molecule has 2 atom stereocenters. The van der Waals surface area contributed by atoms with Crippen molar-refractivity contribution in [3.63, 3.8) is 0 Å². The number of ether oxygens (including phenoxy) is 1. The Morgan fingerprint density at radius 1 is 1.22 bits per heavy atom. The topological polar surface area (TPSA) is 72.5 Å². The van der Waals surface area contributed by atoms with Crippen LogP contribution in [0.4, 0.5) is 0 Å². The Balaban J connectivity index is 2.50. The molecule has 1 aromatic carbocycles. The third-order valence-corrected chi connectivity index (χ3v) is 5.90. The second kappa shape index (κ2) is 14.1. The van der Waals surface area contributed by atoms with Gasteiger partial charge in [0.2, 0.25) is 0 Å². The average Bonchev–Trinajstić information content (AvgIpc) is 2.65. The molecule has 0 fully saturated rings. The van der Waals surface area contributed by atoms with Gasteiger partial charge in [-0.15, -0.1) is 11.8 Å². The molecule has 0 unspecified atom stereocenters. The van der Waals surface area contributed by atoms with Crippen molar-refractivity contribution in [3.8, 4) is 0 Å². The number of esters is 1. The summed E-state index contributed by atoms with van der Waals surface area (Å²) in [6, 6.07) is 9.33. The summed E-state index contributed by atoms with van der Waals surface area (Å²) in [4.78, 5) is 35.6. The van der Waals surface area contributed by atoms with Gasteiger partial charge in [-0.2, -0.15) is 12.6 Å². The Morgan fingerprint density at radius 3 is 2.52 bits per heavy atom. The Hall–Kier alpha value is -0.960. The lowest BCUT2D eigenvalue weighted by Crippen LogP contribution is -2.39. The van der Waals surface area contributed by atoms with Crippen LogP contribution in [0.1, 0.15) is 19.4 Å². The highest BCUT2D eigenvalue weighted by Crippen LogP contribution is 2.18. The van der Waals surface area contributed by atoms with Crippen LogP contribution in [-0.4, -0.2) is 52.7 Å². The molecule has 1 N–H and O–H groups in total. The van der Waals surface area contributed by atoms with E-state index < -0.39 is 6.04 Å². The van der Waals surface area contributed by atoms with Crippen molar-refractivity contribution in [1.29, 1.82) is 0 Å². The first-order valence-corrected chi connectivity index (χ1v) is 11.5. The number of carbonyl (C=O) groups is 3. The van der Waals surface area contributed by atoms with Crippen LogP contribution in [-0.2, 0) is 25.5 Å². The maximum Gasteiger partial charge on any atom is 0.323 e. The first-order chi connectivity index (χ1) is 13.0. The molecule has 0 amide bonds. The molecular weight excluding hydrogens is 402 g/mol. The highest BCUT2D eigenvalue weighted by atomic mass is 32.2. The van der Waals surface area contributed by atoms with Gasteiger partial charge in [-0.1, -0.05) is 42.1 Å². The lowest BCUT2D eigenvalue weighted by molar-refractivity contribution is -0.144. The minimum atomic E-state index is -0.482. The summed E-state index contributed by atoms with van der Waals surface area (Å²) in [7, 11) is 0. The predicted octanol–water partition coefficient (Wildman–Crippen LogP) is 2.84. The van der Waals surface area contributed by atoms with Crippen molar-refractivity contribution in [1.82, 2.24) is 5.32 Å². The SMILES string of the molecule is CCOC(=O)[C@H](CS)NCSCC(=O)[C@H](CSC(C)=O)Cc1ccccc1.